The first kappa shape index (κ1) is 23.0. The minimum Gasteiger partial charge on any atom is -0.346 e. The van der Waals surface area contributed by atoms with E-state index < -0.39 is 20.6 Å². The van der Waals surface area contributed by atoms with Crippen LogP contribution in [0.5, 0.6) is 0 Å². The van der Waals surface area contributed by atoms with Gasteiger partial charge < -0.3 is 4.57 Å². The monoisotopic (exact) mass is 461 g/mol. The van der Waals surface area contributed by atoms with E-state index in [-0.39, 0.29) is 22.5 Å². The lowest BCUT2D eigenvalue weighted by atomic mass is 10.1. The maximum atomic E-state index is 13.4. The number of rotatable bonds is 8. The number of sulfonamides is 1. The molecule has 0 amide bonds. The van der Waals surface area contributed by atoms with Gasteiger partial charge in [0.1, 0.15) is 5.02 Å². The highest BCUT2D eigenvalue weighted by molar-refractivity contribution is 7.89. The smallest absolute Gasteiger partial charge is 0.289 e. The molecule has 9 heteroatoms. The molecule has 0 radical (unpaired) electrons. The maximum Gasteiger partial charge on any atom is 0.289 e. The number of benzene rings is 2. The van der Waals surface area contributed by atoms with Gasteiger partial charge in [-0.05, 0) is 50.6 Å². The summed E-state index contributed by atoms with van der Waals surface area (Å²) in [6, 6.07) is 15.1. The molecular formula is C22H24ClN3O4S. The fourth-order valence-corrected chi connectivity index (χ4v) is 5.20. The minimum absolute atomic E-state index is 0.105. The van der Waals surface area contributed by atoms with Crippen LogP contribution in [0, 0.1) is 17.0 Å². The van der Waals surface area contributed by atoms with Crippen LogP contribution in [0.15, 0.2) is 65.7 Å². The van der Waals surface area contributed by atoms with E-state index >= 15 is 0 Å². The van der Waals surface area contributed by atoms with Crippen LogP contribution in [0.25, 0.3) is 0 Å². The van der Waals surface area contributed by atoms with Gasteiger partial charge in [0.2, 0.25) is 10.0 Å². The van der Waals surface area contributed by atoms with Crippen molar-refractivity contribution >= 4 is 27.3 Å². The van der Waals surface area contributed by atoms with E-state index in [1.807, 2.05) is 48.0 Å². The largest absolute Gasteiger partial charge is 0.346 e. The second-order valence-corrected chi connectivity index (χ2v) is 9.93. The molecule has 164 valence electrons. The van der Waals surface area contributed by atoms with Crippen molar-refractivity contribution in [2.24, 2.45) is 0 Å². The molecule has 2 aromatic carbocycles. The molecule has 0 aliphatic rings. The van der Waals surface area contributed by atoms with Crippen molar-refractivity contribution < 1.29 is 13.3 Å². The molecule has 7 nitrogen and oxygen atoms in total. The van der Waals surface area contributed by atoms with Gasteiger partial charge in [-0.15, -0.1) is 0 Å². The first-order chi connectivity index (χ1) is 14.6. The van der Waals surface area contributed by atoms with Crippen LogP contribution in [0.2, 0.25) is 5.02 Å². The number of aryl methyl sites for hydroxylation is 1. The number of nitrogens with zero attached hydrogens (tertiary/aromatic N) is 3. The lowest BCUT2D eigenvalue weighted by Gasteiger charge is -2.26. The summed E-state index contributed by atoms with van der Waals surface area (Å²) in [5.41, 5.74) is 2.66. The van der Waals surface area contributed by atoms with Crippen LogP contribution in [-0.2, 0) is 23.1 Å². The molecule has 0 bridgehead atoms. The van der Waals surface area contributed by atoms with Crippen molar-refractivity contribution in [3.8, 4) is 0 Å². The van der Waals surface area contributed by atoms with Crippen molar-refractivity contribution in [3.05, 3.63) is 92.8 Å². The van der Waals surface area contributed by atoms with Crippen molar-refractivity contribution in [1.29, 1.82) is 0 Å². The Kier molecular flexibility index (Phi) is 6.83. The van der Waals surface area contributed by atoms with Gasteiger partial charge in [0.05, 0.1) is 16.4 Å². The van der Waals surface area contributed by atoms with Crippen LogP contribution in [0.4, 0.5) is 5.69 Å². The molecule has 1 aromatic heterocycles. The number of hydrogen-bond acceptors (Lipinski definition) is 4. The Hall–Kier alpha value is -2.68. The zero-order valence-electron chi connectivity index (χ0n) is 17.5. The molecule has 0 saturated heterocycles. The Morgan fingerprint density at radius 2 is 1.87 bits per heavy atom. The van der Waals surface area contributed by atoms with Gasteiger partial charge in [-0.2, -0.15) is 4.31 Å². The standard InChI is InChI=1S/C22H24ClN3O4S/c1-16(2)25(31(29,30)20-9-10-21(23)22(13-20)26(27)28)15-19-8-5-11-24(19)14-18-7-4-6-17(3)12-18/h4-13,16H,14-15H2,1-3H3. The summed E-state index contributed by atoms with van der Waals surface area (Å²) in [5.74, 6) is 0. The van der Waals surface area contributed by atoms with Crippen molar-refractivity contribution in [2.75, 3.05) is 0 Å². The molecule has 3 aromatic rings. The second kappa shape index (κ2) is 9.21. The molecule has 0 N–H and O–H groups in total. The van der Waals surface area contributed by atoms with E-state index in [0.29, 0.717) is 6.54 Å². The molecule has 0 aliphatic carbocycles. The molecule has 3 rings (SSSR count). The fraction of sp³-hybridized carbons (Fsp3) is 0.273. The van der Waals surface area contributed by atoms with Crippen molar-refractivity contribution in [2.45, 2.75) is 44.8 Å². The third-order valence-corrected chi connectivity index (χ3v) is 7.31. The number of hydrogen-bond donors (Lipinski definition) is 0. The van der Waals surface area contributed by atoms with Crippen molar-refractivity contribution in [3.63, 3.8) is 0 Å². The van der Waals surface area contributed by atoms with E-state index in [1.165, 1.54) is 16.4 Å². The molecule has 0 spiro atoms. The lowest BCUT2D eigenvalue weighted by molar-refractivity contribution is -0.384. The topological polar surface area (TPSA) is 85.5 Å². The van der Waals surface area contributed by atoms with E-state index in [1.54, 1.807) is 13.8 Å². The van der Waals surface area contributed by atoms with Crippen LogP contribution in [0.1, 0.15) is 30.7 Å². The number of nitro benzene ring substituents is 1. The average molecular weight is 462 g/mol. The van der Waals surface area contributed by atoms with Crippen molar-refractivity contribution in [1.82, 2.24) is 8.87 Å². The zero-order chi connectivity index (χ0) is 22.8. The molecule has 0 fully saturated rings. The molecular weight excluding hydrogens is 438 g/mol. The third-order valence-electron chi connectivity index (χ3n) is 4.97. The van der Waals surface area contributed by atoms with Crippen LogP contribution < -0.4 is 0 Å². The van der Waals surface area contributed by atoms with Crippen LogP contribution in [0.3, 0.4) is 0 Å². The highest BCUT2D eigenvalue weighted by Gasteiger charge is 2.30. The molecule has 0 unspecified atom stereocenters. The SMILES string of the molecule is Cc1cccc(Cn2cccc2CN(C(C)C)S(=O)(=O)c2ccc(Cl)c([N+](=O)[O-])c2)c1. The molecule has 1 heterocycles. The summed E-state index contributed by atoms with van der Waals surface area (Å²) in [4.78, 5) is 10.4. The summed E-state index contributed by atoms with van der Waals surface area (Å²) in [5, 5.41) is 11.1. The highest BCUT2D eigenvalue weighted by Crippen LogP contribution is 2.30. The molecule has 0 atom stereocenters. The van der Waals surface area contributed by atoms with Crippen LogP contribution >= 0.6 is 11.6 Å². The van der Waals surface area contributed by atoms with Gasteiger partial charge in [-0.3, -0.25) is 10.1 Å². The minimum atomic E-state index is -3.99. The first-order valence-electron chi connectivity index (χ1n) is 9.75. The normalized spacial score (nSPS) is 11.9. The highest BCUT2D eigenvalue weighted by atomic mass is 35.5. The van der Waals surface area contributed by atoms with Gasteiger partial charge in [0.15, 0.2) is 0 Å². The molecule has 0 saturated carbocycles. The predicted octanol–water partition coefficient (Wildman–Crippen LogP) is 5.01. The summed E-state index contributed by atoms with van der Waals surface area (Å²) in [7, 11) is -3.99. The van der Waals surface area contributed by atoms with E-state index in [9.17, 15) is 18.5 Å². The van der Waals surface area contributed by atoms with Gasteiger partial charge in [0.25, 0.3) is 5.69 Å². The summed E-state index contributed by atoms with van der Waals surface area (Å²) < 4.78 is 30.0. The van der Waals surface area contributed by atoms with Crippen LogP contribution in [-0.4, -0.2) is 28.3 Å². The average Bonchev–Trinajstić information content (AvgIpc) is 3.12. The second-order valence-electron chi connectivity index (χ2n) is 7.63. The Morgan fingerprint density at radius 3 is 2.52 bits per heavy atom. The number of aromatic nitrogens is 1. The van der Waals surface area contributed by atoms with Gasteiger partial charge in [-0.25, -0.2) is 8.42 Å². The quantitative estimate of drug-likeness (QED) is 0.348. The fourth-order valence-electron chi connectivity index (χ4n) is 3.39. The number of halogens is 1. The van der Waals surface area contributed by atoms with E-state index in [2.05, 4.69) is 6.07 Å². The number of nitro groups is 1. The third kappa shape index (κ3) is 5.15. The summed E-state index contributed by atoms with van der Waals surface area (Å²) in [6.07, 6.45) is 1.91. The van der Waals surface area contributed by atoms with E-state index in [4.69, 9.17) is 11.6 Å². The molecule has 31 heavy (non-hydrogen) atoms. The Labute approximate surface area is 187 Å². The van der Waals surface area contributed by atoms with Gasteiger partial charge in [0, 0.05) is 30.5 Å². The zero-order valence-corrected chi connectivity index (χ0v) is 19.1. The first-order valence-corrected chi connectivity index (χ1v) is 11.6. The maximum absolute atomic E-state index is 13.4. The Bertz CT molecular complexity index is 1200. The lowest BCUT2D eigenvalue weighted by Crippen LogP contribution is -2.37. The van der Waals surface area contributed by atoms with Gasteiger partial charge >= 0.3 is 0 Å². The Morgan fingerprint density at radius 1 is 1.13 bits per heavy atom. The Balaban J connectivity index is 1.93. The predicted molar refractivity (Wildman–Crippen MR) is 121 cm³/mol. The molecule has 0 aliphatic heterocycles. The summed E-state index contributed by atoms with van der Waals surface area (Å²) in [6.45, 7) is 6.32. The van der Waals surface area contributed by atoms with E-state index in [0.717, 1.165) is 22.9 Å². The van der Waals surface area contributed by atoms with Gasteiger partial charge in [-0.1, -0.05) is 41.4 Å². The summed E-state index contributed by atoms with van der Waals surface area (Å²) >= 11 is 5.85.